The minimum absolute atomic E-state index is 0.135. The molecule has 1 saturated heterocycles. The molecule has 0 aromatic carbocycles. The Morgan fingerprint density at radius 2 is 2.38 bits per heavy atom. The minimum Gasteiger partial charge on any atom is -0.382 e. The summed E-state index contributed by atoms with van der Waals surface area (Å²) in [5.41, 5.74) is 0. The van der Waals surface area contributed by atoms with Gasteiger partial charge in [-0.05, 0) is 32.7 Å². The van der Waals surface area contributed by atoms with Gasteiger partial charge in [-0.25, -0.2) is 0 Å². The molecule has 1 heterocycles. The average Bonchev–Trinajstić information content (AvgIpc) is 2.34. The van der Waals surface area contributed by atoms with Gasteiger partial charge in [0.05, 0.1) is 6.10 Å². The predicted molar refractivity (Wildman–Crippen MR) is 64.4 cm³/mol. The summed E-state index contributed by atoms with van der Waals surface area (Å²) in [7, 11) is 1.68. The van der Waals surface area contributed by atoms with Gasteiger partial charge in [0.2, 0.25) is 5.91 Å². The Morgan fingerprint density at radius 1 is 1.56 bits per heavy atom. The zero-order valence-corrected chi connectivity index (χ0v) is 10.4. The highest BCUT2D eigenvalue weighted by Crippen LogP contribution is 2.06. The van der Waals surface area contributed by atoms with E-state index in [0.29, 0.717) is 12.5 Å². The maximum atomic E-state index is 11.5. The lowest BCUT2D eigenvalue weighted by molar-refractivity contribution is -0.121. The van der Waals surface area contributed by atoms with Crippen molar-refractivity contribution in [3.05, 3.63) is 0 Å². The molecule has 0 aromatic heterocycles. The van der Waals surface area contributed by atoms with E-state index in [2.05, 4.69) is 10.6 Å². The zero-order valence-electron chi connectivity index (χ0n) is 10.4. The van der Waals surface area contributed by atoms with E-state index >= 15 is 0 Å². The van der Waals surface area contributed by atoms with E-state index in [1.54, 1.807) is 7.11 Å². The Balaban J connectivity index is 2.05. The zero-order chi connectivity index (χ0) is 11.8. The summed E-state index contributed by atoms with van der Waals surface area (Å²) in [5.74, 6) is 0.135. The molecule has 0 radical (unpaired) electrons. The van der Waals surface area contributed by atoms with Crippen molar-refractivity contribution in [1.29, 1.82) is 0 Å². The third kappa shape index (κ3) is 5.47. The third-order valence-corrected chi connectivity index (χ3v) is 3.14. The number of amides is 1. The number of nitrogens with one attached hydrogen (secondary N) is 2. The third-order valence-electron chi connectivity index (χ3n) is 3.14. The van der Waals surface area contributed by atoms with Crippen LogP contribution in [0, 0.1) is 0 Å². The number of hydrogen-bond acceptors (Lipinski definition) is 3. The van der Waals surface area contributed by atoms with Gasteiger partial charge in [-0.2, -0.15) is 0 Å². The molecule has 94 valence electrons. The molecule has 2 unspecified atom stereocenters. The van der Waals surface area contributed by atoms with Gasteiger partial charge in [0, 0.05) is 26.1 Å². The van der Waals surface area contributed by atoms with Gasteiger partial charge >= 0.3 is 0 Å². The summed E-state index contributed by atoms with van der Waals surface area (Å²) >= 11 is 0. The van der Waals surface area contributed by atoms with Crippen LogP contribution in [0.15, 0.2) is 0 Å². The minimum atomic E-state index is 0.135. The first-order valence-electron chi connectivity index (χ1n) is 6.25. The van der Waals surface area contributed by atoms with Crippen LogP contribution >= 0.6 is 0 Å². The molecule has 2 atom stereocenters. The molecule has 4 nitrogen and oxygen atoms in total. The Morgan fingerprint density at radius 3 is 3.00 bits per heavy atom. The SMILES string of the molecule is COC(C)CCC(=O)NCC1CCCCN1. The lowest BCUT2D eigenvalue weighted by Gasteiger charge is -2.23. The molecule has 0 spiro atoms. The first kappa shape index (κ1) is 13.5. The Bertz CT molecular complexity index is 203. The van der Waals surface area contributed by atoms with Gasteiger partial charge in [0.1, 0.15) is 0 Å². The number of methoxy groups -OCH3 is 1. The van der Waals surface area contributed by atoms with Crippen molar-refractivity contribution in [2.75, 3.05) is 20.2 Å². The second-order valence-corrected chi connectivity index (χ2v) is 4.54. The smallest absolute Gasteiger partial charge is 0.220 e. The highest BCUT2D eigenvalue weighted by Gasteiger charge is 2.13. The Hall–Kier alpha value is -0.610. The lowest BCUT2D eigenvalue weighted by Crippen LogP contribution is -2.43. The number of rotatable bonds is 6. The van der Waals surface area contributed by atoms with E-state index in [1.807, 2.05) is 6.92 Å². The summed E-state index contributed by atoms with van der Waals surface area (Å²) in [6.07, 6.45) is 5.22. The van der Waals surface area contributed by atoms with Crippen molar-refractivity contribution in [1.82, 2.24) is 10.6 Å². The van der Waals surface area contributed by atoms with Gasteiger partial charge in [-0.15, -0.1) is 0 Å². The first-order valence-corrected chi connectivity index (χ1v) is 6.25. The van der Waals surface area contributed by atoms with E-state index in [4.69, 9.17) is 4.74 Å². The molecule has 16 heavy (non-hydrogen) atoms. The van der Waals surface area contributed by atoms with Crippen molar-refractivity contribution in [3.63, 3.8) is 0 Å². The van der Waals surface area contributed by atoms with E-state index in [-0.39, 0.29) is 12.0 Å². The first-order chi connectivity index (χ1) is 7.72. The van der Waals surface area contributed by atoms with Crippen LogP contribution in [0.5, 0.6) is 0 Å². The van der Waals surface area contributed by atoms with Gasteiger partial charge in [0.25, 0.3) is 0 Å². The van der Waals surface area contributed by atoms with Crippen LogP contribution in [0.2, 0.25) is 0 Å². The van der Waals surface area contributed by atoms with Crippen LogP contribution in [0.3, 0.4) is 0 Å². The normalized spacial score (nSPS) is 22.8. The van der Waals surface area contributed by atoms with E-state index in [0.717, 1.165) is 19.5 Å². The summed E-state index contributed by atoms with van der Waals surface area (Å²) in [6, 6.07) is 0.470. The molecule has 1 fully saturated rings. The maximum Gasteiger partial charge on any atom is 0.220 e. The number of carbonyl (C=O) groups is 1. The summed E-state index contributed by atoms with van der Waals surface area (Å²) < 4.78 is 5.10. The van der Waals surface area contributed by atoms with Crippen molar-refractivity contribution in [2.45, 2.75) is 51.2 Å². The molecule has 0 aromatic rings. The van der Waals surface area contributed by atoms with E-state index < -0.39 is 0 Å². The largest absolute Gasteiger partial charge is 0.382 e. The second-order valence-electron chi connectivity index (χ2n) is 4.54. The second kappa shape index (κ2) is 7.63. The predicted octanol–water partition coefficient (Wildman–Crippen LogP) is 1.06. The molecule has 4 heteroatoms. The Labute approximate surface area is 98.1 Å². The fraction of sp³-hybridized carbons (Fsp3) is 0.917. The molecule has 1 aliphatic heterocycles. The summed E-state index contributed by atoms with van der Waals surface area (Å²) in [5, 5.41) is 6.39. The fourth-order valence-corrected chi connectivity index (χ4v) is 1.88. The van der Waals surface area contributed by atoms with Crippen molar-refractivity contribution in [3.8, 4) is 0 Å². The van der Waals surface area contributed by atoms with Crippen molar-refractivity contribution >= 4 is 5.91 Å². The van der Waals surface area contributed by atoms with Gasteiger partial charge < -0.3 is 15.4 Å². The molecule has 0 aliphatic carbocycles. The van der Waals surface area contributed by atoms with Gasteiger partial charge in [-0.1, -0.05) is 6.42 Å². The number of ether oxygens (including phenoxy) is 1. The number of piperidine rings is 1. The van der Waals surface area contributed by atoms with E-state index in [1.165, 1.54) is 19.3 Å². The van der Waals surface area contributed by atoms with Crippen LogP contribution in [-0.2, 0) is 9.53 Å². The van der Waals surface area contributed by atoms with Crippen molar-refractivity contribution < 1.29 is 9.53 Å². The fourth-order valence-electron chi connectivity index (χ4n) is 1.88. The van der Waals surface area contributed by atoms with Crippen LogP contribution < -0.4 is 10.6 Å². The molecule has 1 aliphatic rings. The van der Waals surface area contributed by atoms with E-state index in [9.17, 15) is 4.79 Å². The number of carbonyl (C=O) groups excluding carboxylic acids is 1. The Kier molecular flexibility index (Phi) is 6.42. The topological polar surface area (TPSA) is 50.4 Å². The van der Waals surface area contributed by atoms with Crippen molar-refractivity contribution in [2.24, 2.45) is 0 Å². The van der Waals surface area contributed by atoms with Crippen LogP contribution in [0.1, 0.15) is 39.0 Å². The molecule has 2 N–H and O–H groups in total. The lowest BCUT2D eigenvalue weighted by atomic mass is 10.1. The highest BCUT2D eigenvalue weighted by atomic mass is 16.5. The monoisotopic (exact) mass is 228 g/mol. The molecule has 1 amide bonds. The molecular weight excluding hydrogens is 204 g/mol. The van der Waals surface area contributed by atoms with Gasteiger partial charge in [-0.3, -0.25) is 4.79 Å². The molecule has 0 bridgehead atoms. The summed E-state index contributed by atoms with van der Waals surface area (Å²) in [4.78, 5) is 11.5. The van der Waals surface area contributed by atoms with Crippen LogP contribution in [-0.4, -0.2) is 38.3 Å². The molecular formula is C12H24N2O2. The highest BCUT2D eigenvalue weighted by molar-refractivity contribution is 5.75. The molecule has 0 saturated carbocycles. The standard InChI is InChI=1S/C12H24N2O2/c1-10(16-2)6-7-12(15)14-9-11-5-3-4-8-13-11/h10-11,13H,3-9H2,1-2H3,(H,14,15). The quantitative estimate of drug-likeness (QED) is 0.714. The van der Waals surface area contributed by atoms with Crippen LogP contribution in [0.4, 0.5) is 0 Å². The maximum absolute atomic E-state index is 11.5. The average molecular weight is 228 g/mol. The van der Waals surface area contributed by atoms with Crippen LogP contribution in [0.25, 0.3) is 0 Å². The molecule has 1 rings (SSSR count). The van der Waals surface area contributed by atoms with Gasteiger partial charge in [0.15, 0.2) is 0 Å². The summed E-state index contributed by atoms with van der Waals surface area (Å²) in [6.45, 7) is 3.83. The number of hydrogen-bond donors (Lipinski definition) is 2.